The van der Waals surface area contributed by atoms with E-state index < -0.39 is 12.5 Å². The first-order valence-corrected chi connectivity index (χ1v) is 7.22. The van der Waals surface area contributed by atoms with Crippen LogP contribution in [0.5, 0.6) is 5.88 Å². The second-order valence-electron chi connectivity index (χ2n) is 4.41. The number of nitrogens with zero attached hydrogens (tertiary/aromatic N) is 2. The van der Waals surface area contributed by atoms with E-state index in [1.165, 1.54) is 29.7 Å². The smallest absolute Gasteiger partial charge is 0.388 e. The molecule has 0 saturated carbocycles. The minimum atomic E-state index is -2.95. The summed E-state index contributed by atoms with van der Waals surface area (Å²) in [6, 6.07) is 2.57. The molecule has 1 amide bonds. The molecule has 0 bridgehead atoms. The van der Waals surface area contributed by atoms with Gasteiger partial charge in [0, 0.05) is 18.7 Å². The number of hydrogen-bond donors (Lipinski definition) is 1. The number of carbonyl (C=O) groups excluding carboxylic acids is 1. The maximum atomic E-state index is 12.1. The van der Waals surface area contributed by atoms with E-state index in [4.69, 9.17) is 4.74 Å². The quantitative estimate of drug-likeness (QED) is 0.934. The van der Waals surface area contributed by atoms with Crippen LogP contribution in [-0.2, 0) is 17.8 Å². The monoisotopic (exact) mass is 327 g/mol. The zero-order valence-electron chi connectivity index (χ0n) is 11.2. The fraction of sp³-hybridized carbons (Fsp3) is 0.308. The van der Waals surface area contributed by atoms with Gasteiger partial charge in [-0.3, -0.25) is 10.1 Å². The second-order valence-corrected chi connectivity index (χ2v) is 5.49. The number of anilines is 1. The number of aromatic nitrogens is 2. The van der Waals surface area contributed by atoms with Gasteiger partial charge >= 0.3 is 6.61 Å². The molecule has 0 saturated heterocycles. The molecule has 0 aliphatic carbocycles. The van der Waals surface area contributed by atoms with Gasteiger partial charge in [-0.1, -0.05) is 11.3 Å². The highest BCUT2D eigenvalue weighted by Crippen LogP contribution is 2.27. The van der Waals surface area contributed by atoms with Crippen molar-refractivity contribution in [2.45, 2.75) is 19.6 Å². The molecule has 22 heavy (non-hydrogen) atoms. The first kappa shape index (κ1) is 14.8. The number of nitrogens with one attached hydrogen (secondary N) is 1. The molecule has 3 rings (SSSR count). The maximum Gasteiger partial charge on any atom is 0.388 e. The van der Waals surface area contributed by atoms with Crippen LogP contribution >= 0.6 is 11.3 Å². The molecule has 2 aromatic heterocycles. The number of alkyl halides is 2. The predicted molar refractivity (Wildman–Crippen MR) is 74.3 cm³/mol. The number of ether oxygens (including phenoxy) is 2. The standard InChI is InChI=1S/C13H11F2N3O3S/c14-12(15)21-10-2-1-7(5-16-10)11(19)18-13-17-8-3-4-20-6-9(8)22-13/h1-2,5,12H,3-4,6H2,(H,17,18,19). The summed E-state index contributed by atoms with van der Waals surface area (Å²) in [5.74, 6) is -0.656. The third kappa shape index (κ3) is 3.37. The summed E-state index contributed by atoms with van der Waals surface area (Å²) in [5.41, 5.74) is 1.16. The Bertz CT molecular complexity index is 652. The molecule has 6 nitrogen and oxygen atoms in total. The van der Waals surface area contributed by atoms with Crippen LogP contribution in [0.4, 0.5) is 13.9 Å². The topological polar surface area (TPSA) is 73.3 Å². The van der Waals surface area contributed by atoms with Gasteiger partial charge < -0.3 is 9.47 Å². The molecular weight excluding hydrogens is 316 g/mol. The highest BCUT2D eigenvalue weighted by molar-refractivity contribution is 7.15. The number of hydrogen-bond acceptors (Lipinski definition) is 6. The highest BCUT2D eigenvalue weighted by Gasteiger charge is 2.17. The number of rotatable bonds is 4. The second kappa shape index (κ2) is 6.32. The molecule has 1 aliphatic heterocycles. The molecule has 0 spiro atoms. The largest absolute Gasteiger partial charge is 0.417 e. The lowest BCUT2D eigenvalue weighted by Gasteiger charge is -2.08. The SMILES string of the molecule is O=C(Nc1nc2c(s1)COCC2)c1ccc(OC(F)F)nc1. The molecule has 2 aromatic rings. The zero-order chi connectivity index (χ0) is 15.5. The Morgan fingerprint density at radius 1 is 1.45 bits per heavy atom. The Balaban J connectivity index is 1.67. The van der Waals surface area contributed by atoms with Gasteiger partial charge in [-0.15, -0.1) is 0 Å². The van der Waals surface area contributed by atoms with Crippen LogP contribution in [0.25, 0.3) is 0 Å². The van der Waals surface area contributed by atoms with Gasteiger partial charge in [0.05, 0.1) is 29.3 Å². The number of fused-ring (bicyclic) bond motifs is 1. The van der Waals surface area contributed by atoms with Crippen molar-refractivity contribution in [3.05, 3.63) is 34.5 Å². The van der Waals surface area contributed by atoms with Gasteiger partial charge in [0.2, 0.25) is 5.88 Å². The first-order valence-electron chi connectivity index (χ1n) is 6.40. The molecular formula is C13H11F2N3O3S. The van der Waals surface area contributed by atoms with Crippen LogP contribution in [0, 0.1) is 0 Å². The third-order valence-electron chi connectivity index (χ3n) is 2.92. The minimum Gasteiger partial charge on any atom is -0.417 e. The molecule has 3 heterocycles. The van der Waals surface area contributed by atoms with E-state index in [1.807, 2.05) is 0 Å². The van der Waals surface area contributed by atoms with E-state index >= 15 is 0 Å². The Morgan fingerprint density at radius 2 is 2.32 bits per heavy atom. The van der Waals surface area contributed by atoms with Crippen LogP contribution in [0.1, 0.15) is 20.9 Å². The molecule has 9 heteroatoms. The number of amides is 1. The lowest BCUT2D eigenvalue weighted by molar-refractivity contribution is -0.0528. The molecule has 116 valence electrons. The molecule has 1 N–H and O–H groups in total. The van der Waals surface area contributed by atoms with Gasteiger partial charge in [-0.2, -0.15) is 8.78 Å². The highest BCUT2D eigenvalue weighted by atomic mass is 32.1. The average molecular weight is 327 g/mol. The number of pyridine rings is 1. The molecule has 0 atom stereocenters. The Hall–Kier alpha value is -2.13. The van der Waals surface area contributed by atoms with Crippen LogP contribution in [0.15, 0.2) is 18.3 Å². The zero-order valence-corrected chi connectivity index (χ0v) is 12.0. The van der Waals surface area contributed by atoms with Gasteiger partial charge in [-0.25, -0.2) is 9.97 Å². The minimum absolute atomic E-state index is 0.228. The van der Waals surface area contributed by atoms with E-state index in [0.29, 0.717) is 18.3 Å². The summed E-state index contributed by atoms with van der Waals surface area (Å²) in [7, 11) is 0. The van der Waals surface area contributed by atoms with Gasteiger partial charge in [-0.05, 0) is 6.07 Å². The van der Waals surface area contributed by atoms with E-state index in [9.17, 15) is 13.6 Å². The van der Waals surface area contributed by atoms with Crippen molar-refractivity contribution in [3.63, 3.8) is 0 Å². The maximum absolute atomic E-state index is 12.1. The van der Waals surface area contributed by atoms with Crippen LogP contribution in [0.3, 0.4) is 0 Å². The first-order chi connectivity index (χ1) is 10.6. The number of halogens is 2. The number of carbonyl (C=O) groups is 1. The van der Waals surface area contributed by atoms with Crippen molar-refractivity contribution in [1.29, 1.82) is 0 Å². The predicted octanol–water partition coefficient (Wildman–Crippen LogP) is 2.46. The Labute approximate surface area is 128 Å². The summed E-state index contributed by atoms with van der Waals surface area (Å²) in [6.45, 7) is -1.82. The van der Waals surface area contributed by atoms with Crippen LogP contribution in [0.2, 0.25) is 0 Å². The summed E-state index contributed by atoms with van der Waals surface area (Å²) in [4.78, 5) is 21.0. The molecule has 1 aliphatic rings. The van der Waals surface area contributed by atoms with Crippen molar-refractivity contribution in [2.24, 2.45) is 0 Å². The summed E-state index contributed by atoms with van der Waals surface area (Å²) in [6.07, 6.45) is 1.90. The van der Waals surface area contributed by atoms with Gasteiger partial charge in [0.25, 0.3) is 5.91 Å². The van der Waals surface area contributed by atoms with Crippen molar-refractivity contribution in [3.8, 4) is 5.88 Å². The molecule has 0 aromatic carbocycles. The van der Waals surface area contributed by atoms with Crippen LogP contribution < -0.4 is 10.1 Å². The molecule has 0 fully saturated rings. The summed E-state index contributed by atoms with van der Waals surface area (Å²) >= 11 is 1.36. The van der Waals surface area contributed by atoms with E-state index in [-0.39, 0.29) is 11.4 Å². The number of thiazole rings is 1. The fourth-order valence-corrected chi connectivity index (χ4v) is 2.86. The van der Waals surface area contributed by atoms with Crippen molar-refractivity contribution >= 4 is 22.4 Å². The van der Waals surface area contributed by atoms with E-state index in [2.05, 4.69) is 20.0 Å². The summed E-state index contributed by atoms with van der Waals surface area (Å²) in [5, 5.41) is 3.14. The average Bonchev–Trinajstić information content (AvgIpc) is 2.89. The van der Waals surface area contributed by atoms with Crippen molar-refractivity contribution < 1.29 is 23.0 Å². The summed E-state index contributed by atoms with van der Waals surface area (Å²) < 4.78 is 33.5. The van der Waals surface area contributed by atoms with Gasteiger partial charge in [0.1, 0.15) is 0 Å². The third-order valence-corrected chi connectivity index (χ3v) is 3.91. The van der Waals surface area contributed by atoms with Crippen molar-refractivity contribution in [2.75, 3.05) is 11.9 Å². The van der Waals surface area contributed by atoms with E-state index in [0.717, 1.165) is 17.0 Å². The normalized spacial score (nSPS) is 13.8. The van der Waals surface area contributed by atoms with Gasteiger partial charge in [0.15, 0.2) is 5.13 Å². The Morgan fingerprint density at radius 3 is 3.00 bits per heavy atom. The lowest BCUT2D eigenvalue weighted by atomic mass is 10.2. The lowest BCUT2D eigenvalue weighted by Crippen LogP contribution is -2.12. The molecule has 0 radical (unpaired) electrons. The van der Waals surface area contributed by atoms with Crippen LogP contribution in [-0.4, -0.2) is 29.1 Å². The fourth-order valence-electron chi connectivity index (χ4n) is 1.92. The molecule has 0 unspecified atom stereocenters. The Kier molecular flexibility index (Phi) is 4.25. The van der Waals surface area contributed by atoms with Crippen molar-refractivity contribution in [1.82, 2.24) is 9.97 Å². The van der Waals surface area contributed by atoms with E-state index in [1.54, 1.807) is 0 Å².